The number of urea groups is 1. The van der Waals surface area contributed by atoms with Crippen LogP contribution < -0.4 is 9.47 Å². The van der Waals surface area contributed by atoms with Gasteiger partial charge in [0, 0.05) is 37.0 Å². The molecule has 3 heterocycles. The van der Waals surface area contributed by atoms with Gasteiger partial charge in [-0.25, -0.2) is 9.18 Å². The Morgan fingerprint density at radius 1 is 1.13 bits per heavy atom. The number of nitrogens with zero attached hydrogens (tertiary/aromatic N) is 3. The number of piperidine rings is 1. The minimum absolute atomic E-state index is 0.00507. The Kier molecular flexibility index (Phi) is 6.84. The molecule has 2 aromatic carbocycles. The molecule has 3 amide bonds. The molecule has 3 aliphatic rings. The van der Waals surface area contributed by atoms with Gasteiger partial charge < -0.3 is 19.3 Å². The molecule has 2 aromatic rings. The summed E-state index contributed by atoms with van der Waals surface area (Å²) in [6, 6.07) is 8.41. The summed E-state index contributed by atoms with van der Waals surface area (Å²) in [4.78, 5) is 32.9. The predicted octanol–water partition coefficient (Wildman–Crippen LogP) is 5.16. The summed E-state index contributed by atoms with van der Waals surface area (Å²) < 4.78 is 25.0. The highest BCUT2D eigenvalue weighted by Gasteiger charge is 2.54. The van der Waals surface area contributed by atoms with Gasteiger partial charge in [-0.05, 0) is 80.0 Å². The number of rotatable bonds is 4. The second-order valence-corrected chi connectivity index (χ2v) is 10.6. The second-order valence-electron chi connectivity index (χ2n) is 10.6. The van der Waals surface area contributed by atoms with Crippen LogP contribution in [0, 0.1) is 18.7 Å². The van der Waals surface area contributed by atoms with Crippen LogP contribution in [0.3, 0.4) is 0 Å². The van der Waals surface area contributed by atoms with Crippen LogP contribution in [0.25, 0.3) is 0 Å². The quantitative estimate of drug-likeness (QED) is 0.558. The maximum Gasteiger partial charge on any atom is 0.325 e. The van der Waals surface area contributed by atoms with Crippen LogP contribution >= 0.6 is 0 Å². The number of carbonyl (C=O) groups excluding carboxylic acids is 2. The molecule has 0 N–H and O–H groups in total. The molecular weight excluding hydrogens is 485 g/mol. The largest absolute Gasteiger partial charge is 0.497 e. The van der Waals surface area contributed by atoms with Crippen LogP contribution in [0.5, 0.6) is 11.5 Å². The highest BCUT2D eigenvalue weighted by molar-refractivity contribution is 5.94. The van der Waals surface area contributed by atoms with Crippen molar-refractivity contribution in [3.8, 4) is 11.5 Å². The van der Waals surface area contributed by atoms with Crippen molar-refractivity contribution in [2.45, 2.75) is 52.1 Å². The van der Waals surface area contributed by atoms with Crippen LogP contribution in [-0.4, -0.2) is 66.0 Å². The van der Waals surface area contributed by atoms with Crippen LogP contribution in [0.2, 0.25) is 0 Å². The number of fused-ring (bicyclic) bond motifs is 3. The number of benzene rings is 2. The van der Waals surface area contributed by atoms with Crippen LogP contribution in [0.4, 0.5) is 9.18 Å². The Hall–Kier alpha value is -3.55. The van der Waals surface area contributed by atoms with Gasteiger partial charge in [-0.2, -0.15) is 0 Å². The monoisotopic (exact) mass is 521 g/mol. The van der Waals surface area contributed by atoms with E-state index in [1.807, 2.05) is 33.8 Å². The van der Waals surface area contributed by atoms with Crippen molar-refractivity contribution in [2.75, 3.05) is 33.9 Å². The Morgan fingerprint density at radius 3 is 2.50 bits per heavy atom. The van der Waals surface area contributed by atoms with Gasteiger partial charge in [0.15, 0.2) is 0 Å². The fourth-order valence-electron chi connectivity index (χ4n) is 6.39. The zero-order valence-corrected chi connectivity index (χ0v) is 22.8. The van der Waals surface area contributed by atoms with Gasteiger partial charge in [0.1, 0.15) is 17.3 Å². The fourth-order valence-corrected chi connectivity index (χ4v) is 6.39. The van der Waals surface area contributed by atoms with E-state index in [1.54, 1.807) is 33.3 Å². The molecule has 2 fully saturated rings. The van der Waals surface area contributed by atoms with Crippen molar-refractivity contribution in [3.63, 3.8) is 0 Å². The number of methoxy groups -OCH3 is 2. The summed E-state index contributed by atoms with van der Waals surface area (Å²) in [5.41, 5.74) is 3.66. The number of aryl methyl sites for hydroxylation is 1. The molecule has 0 aromatic heterocycles. The molecule has 3 aliphatic heterocycles. The van der Waals surface area contributed by atoms with Crippen LogP contribution in [0.15, 0.2) is 42.1 Å². The summed E-state index contributed by atoms with van der Waals surface area (Å²) in [5.74, 6) is 1.25. The average Bonchev–Trinajstić information content (AvgIpc) is 3.10. The van der Waals surface area contributed by atoms with E-state index >= 15 is 0 Å². The lowest BCUT2D eigenvalue weighted by Crippen LogP contribution is -2.54. The Labute approximate surface area is 223 Å². The maximum atomic E-state index is 13.9. The van der Waals surface area contributed by atoms with Crippen molar-refractivity contribution in [1.82, 2.24) is 14.7 Å². The molecule has 7 nitrogen and oxygen atoms in total. The molecule has 0 bridgehead atoms. The molecule has 1 atom stereocenters. The molecule has 38 heavy (non-hydrogen) atoms. The third kappa shape index (κ3) is 4.20. The summed E-state index contributed by atoms with van der Waals surface area (Å²) in [6.45, 7) is 7.93. The van der Waals surface area contributed by atoms with Crippen molar-refractivity contribution >= 4 is 11.9 Å². The summed E-state index contributed by atoms with van der Waals surface area (Å²) in [7, 11) is 3.30. The third-order valence-corrected chi connectivity index (χ3v) is 8.37. The predicted molar refractivity (Wildman–Crippen MR) is 143 cm³/mol. The zero-order chi connectivity index (χ0) is 27.2. The van der Waals surface area contributed by atoms with Gasteiger partial charge in [-0.15, -0.1) is 0 Å². The lowest BCUT2D eigenvalue weighted by molar-refractivity contribution is 0.0575. The van der Waals surface area contributed by atoms with Gasteiger partial charge in [-0.3, -0.25) is 9.69 Å². The van der Waals surface area contributed by atoms with Gasteiger partial charge in [0.2, 0.25) is 0 Å². The van der Waals surface area contributed by atoms with Gasteiger partial charge in [0.25, 0.3) is 5.91 Å². The van der Waals surface area contributed by atoms with E-state index in [9.17, 15) is 14.0 Å². The number of hydrogen-bond donors (Lipinski definition) is 0. The number of halogens is 1. The van der Waals surface area contributed by atoms with Crippen molar-refractivity contribution < 1.29 is 23.5 Å². The average molecular weight is 522 g/mol. The molecule has 0 unspecified atom stereocenters. The number of likely N-dealkylation sites (tertiary alicyclic amines) is 1. The number of allylic oxidation sites excluding steroid dienone is 1. The first kappa shape index (κ1) is 26.1. The molecule has 0 saturated carbocycles. The fraction of sp³-hybridized carbons (Fsp3) is 0.467. The molecular formula is C30H36FN3O4. The standard InChI is InChI=1S/C30H36FN3O4/c1-6-34-29(36)33-18-22-16-23(37-4)17-26(38-5)24(22)13-19(2)14-27(33)30(34)9-11-32(12-10-30)28(35)21-7-8-25(31)20(3)15-21/h7-8,14-17,19H,6,9-13,18H2,1-5H3/b27-14-/t19-/m1/s1. The highest BCUT2D eigenvalue weighted by atomic mass is 19.1. The van der Waals surface area contributed by atoms with Gasteiger partial charge in [0.05, 0.1) is 26.3 Å². The number of likely N-dealkylation sites (N-methyl/N-ethyl adjacent to an activating group) is 1. The van der Waals surface area contributed by atoms with E-state index < -0.39 is 5.54 Å². The second kappa shape index (κ2) is 9.97. The lowest BCUT2D eigenvalue weighted by atomic mass is 9.80. The number of hydrogen-bond acceptors (Lipinski definition) is 4. The summed E-state index contributed by atoms with van der Waals surface area (Å²) >= 11 is 0. The number of amides is 3. The molecule has 1 spiro atoms. The lowest BCUT2D eigenvalue weighted by Gasteiger charge is -2.44. The van der Waals surface area contributed by atoms with Crippen molar-refractivity contribution in [3.05, 3.63) is 70.2 Å². The van der Waals surface area contributed by atoms with Gasteiger partial charge >= 0.3 is 6.03 Å². The first-order valence-corrected chi connectivity index (χ1v) is 13.3. The summed E-state index contributed by atoms with van der Waals surface area (Å²) in [6.07, 6.45) is 4.36. The zero-order valence-electron chi connectivity index (χ0n) is 22.8. The van der Waals surface area contributed by atoms with Crippen LogP contribution in [0.1, 0.15) is 53.7 Å². The minimum atomic E-state index is -0.462. The Morgan fingerprint density at radius 2 is 1.87 bits per heavy atom. The maximum absolute atomic E-state index is 13.9. The van der Waals surface area contributed by atoms with E-state index in [-0.39, 0.29) is 23.7 Å². The third-order valence-electron chi connectivity index (χ3n) is 8.37. The molecule has 2 saturated heterocycles. The number of ether oxygens (including phenoxy) is 2. The minimum Gasteiger partial charge on any atom is -0.497 e. The van der Waals surface area contributed by atoms with E-state index in [0.717, 1.165) is 29.0 Å². The van der Waals surface area contributed by atoms with E-state index in [1.165, 1.54) is 6.07 Å². The van der Waals surface area contributed by atoms with E-state index in [4.69, 9.17) is 9.47 Å². The topological polar surface area (TPSA) is 62.3 Å². The van der Waals surface area contributed by atoms with Gasteiger partial charge in [-0.1, -0.05) is 13.0 Å². The molecule has 5 rings (SSSR count). The van der Waals surface area contributed by atoms with Crippen LogP contribution in [-0.2, 0) is 13.0 Å². The normalized spacial score (nSPS) is 21.8. The highest BCUT2D eigenvalue weighted by Crippen LogP contribution is 2.47. The molecule has 8 heteroatoms. The molecule has 0 radical (unpaired) electrons. The smallest absolute Gasteiger partial charge is 0.325 e. The SMILES string of the molecule is CCN1C(=O)N2Cc3cc(OC)cc(OC)c3C[C@@H](C)/C=C\2C12CCN(C(=O)c1ccc(F)c(C)c1)CC2. The van der Waals surface area contributed by atoms with E-state index in [2.05, 4.69) is 13.0 Å². The Balaban J connectivity index is 1.47. The first-order valence-electron chi connectivity index (χ1n) is 13.3. The molecule has 202 valence electrons. The first-order chi connectivity index (χ1) is 18.2. The molecule has 0 aliphatic carbocycles. The van der Waals surface area contributed by atoms with Crippen molar-refractivity contribution in [2.24, 2.45) is 5.92 Å². The Bertz CT molecular complexity index is 1300. The summed E-state index contributed by atoms with van der Waals surface area (Å²) in [5, 5.41) is 0. The van der Waals surface area contributed by atoms with Crippen molar-refractivity contribution in [1.29, 1.82) is 0 Å². The number of carbonyl (C=O) groups is 2. The van der Waals surface area contributed by atoms with E-state index in [0.29, 0.717) is 55.9 Å².